The van der Waals surface area contributed by atoms with E-state index >= 15 is 0 Å². The van der Waals surface area contributed by atoms with E-state index in [-0.39, 0.29) is 39.2 Å². The zero-order valence-electron chi connectivity index (χ0n) is 19.5. The summed E-state index contributed by atoms with van der Waals surface area (Å²) in [6.07, 6.45) is -9.33. The van der Waals surface area contributed by atoms with E-state index in [1.165, 1.54) is 6.42 Å². The summed E-state index contributed by atoms with van der Waals surface area (Å²) in [4.78, 5) is 0. The summed E-state index contributed by atoms with van der Waals surface area (Å²) in [7, 11) is 0. The second-order valence-corrected chi connectivity index (χ2v) is 20.8. The molecule has 0 N–H and O–H groups in total. The van der Waals surface area contributed by atoms with Gasteiger partial charge in [-0.2, -0.15) is 0 Å². The summed E-state index contributed by atoms with van der Waals surface area (Å²) in [6.45, 7) is 2.34. The van der Waals surface area contributed by atoms with Crippen LogP contribution in [0.4, 0.5) is 39.5 Å². The molecule has 0 atom stereocenters. The molecule has 0 fully saturated rings. The Balaban J connectivity index is 4.94. The van der Waals surface area contributed by atoms with E-state index in [4.69, 9.17) is 3.07 Å². The fourth-order valence-electron chi connectivity index (χ4n) is 3.95. The number of rotatable bonds is 19. The summed E-state index contributed by atoms with van der Waals surface area (Å²) in [5.74, 6) is 0. The van der Waals surface area contributed by atoms with Gasteiger partial charge in [0.2, 0.25) is 0 Å². The van der Waals surface area contributed by atoms with Crippen LogP contribution in [0.1, 0.15) is 96.8 Å². The van der Waals surface area contributed by atoms with Crippen LogP contribution >= 0.6 is 0 Å². The van der Waals surface area contributed by atoms with Gasteiger partial charge in [0, 0.05) is 0 Å². The maximum atomic E-state index is 12.6. The predicted octanol–water partition coefficient (Wildman–Crippen LogP) is 10.1. The first-order valence-electron chi connectivity index (χ1n) is 12.0. The van der Waals surface area contributed by atoms with Crippen LogP contribution in [0.3, 0.4) is 0 Å². The average molecular weight is 609 g/mol. The van der Waals surface area contributed by atoms with Crippen molar-refractivity contribution in [2.24, 2.45) is 0 Å². The minimum absolute atomic E-state index is 0.000915. The Morgan fingerprint density at radius 2 is 0.818 bits per heavy atom. The number of hydrogen-bond donors (Lipinski definition) is 0. The molecule has 0 radical (unpaired) electrons. The number of halogens is 9. The van der Waals surface area contributed by atoms with Gasteiger partial charge in [-0.05, 0) is 0 Å². The Labute approximate surface area is 196 Å². The number of alkyl halides is 9. The SMILES string of the molecule is CCCCCCCCCC[O][Sn]([CH2]CCC(F)(F)F)([CH2]CCC(F)(F)F)[CH2]CCC(F)(F)F. The van der Waals surface area contributed by atoms with Crippen molar-refractivity contribution in [1.29, 1.82) is 0 Å². The molecule has 0 aromatic heterocycles. The maximum absolute atomic E-state index is 12.6. The van der Waals surface area contributed by atoms with Crippen LogP contribution in [0.5, 0.6) is 0 Å². The quantitative estimate of drug-likeness (QED) is 0.0805. The molecular weight excluding hydrogens is 570 g/mol. The van der Waals surface area contributed by atoms with E-state index in [2.05, 4.69) is 6.92 Å². The van der Waals surface area contributed by atoms with Crippen LogP contribution in [-0.2, 0) is 3.07 Å². The fourth-order valence-corrected chi connectivity index (χ4v) is 16.0. The van der Waals surface area contributed by atoms with Gasteiger partial charge in [0.1, 0.15) is 0 Å². The van der Waals surface area contributed by atoms with Crippen LogP contribution in [0.15, 0.2) is 0 Å². The van der Waals surface area contributed by atoms with Crippen molar-refractivity contribution >= 4 is 18.8 Å². The summed E-state index contributed by atoms with van der Waals surface area (Å²) in [5, 5.41) is 0. The second-order valence-electron chi connectivity index (χ2n) is 8.91. The molecule has 0 aromatic rings. The molecule has 0 amide bonds. The van der Waals surface area contributed by atoms with E-state index < -0.39 is 56.6 Å². The van der Waals surface area contributed by atoms with E-state index in [1.807, 2.05) is 0 Å². The van der Waals surface area contributed by atoms with Crippen molar-refractivity contribution in [1.82, 2.24) is 0 Å². The summed E-state index contributed by atoms with van der Waals surface area (Å²) >= 11 is -4.09. The summed E-state index contributed by atoms with van der Waals surface area (Å²) in [6, 6.07) is 0. The Hall–Kier alpha value is 0.129. The van der Waals surface area contributed by atoms with E-state index in [1.54, 1.807) is 0 Å². The molecule has 0 aliphatic carbocycles. The van der Waals surface area contributed by atoms with Crippen molar-refractivity contribution in [2.45, 2.75) is 129 Å². The molecule has 0 heterocycles. The molecule has 200 valence electrons. The molecule has 0 aliphatic rings. The van der Waals surface area contributed by atoms with Gasteiger partial charge < -0.3 is 0 Å². The van der Waals surface area contributed by atoms with Crippen molar-refractivity contribution in [3.8, 4) is 0 Å². The normalized spacial score (nSPS) is 13.6. The van der Waals surface area contributed by atoms with Gasteiger partial charge in [0.25, 0.3) is 0 Å². The van der Waals surface area contributed by atoms with Crippen LogP contribution < -0.4 is 0 Å². The van der Waals surface area contributed by atoms with Gasteiger partial charge in [0.05, 0.1) is 0 Å². The standard InChI is InChI=1S/C10H21O.3C4H6F3.Sn/c1-2-3-4-5-6-7-8-9-10-11;3*1-2-3-4(5,6)7;/h2-10H2,1H3;3*1-3H2;/q-1;;;;+1. The van der Waals surface area contributed by atoms with Crippen LogP contribution in [-0.4, -0.2) is 43.9 Å². The molecule has 0 spiro atoms. The third-order valence-corrected chi connectivity index (χ3v) is 18.8. The molecule has 0 bridgehead atoms. The fraction of sp³-hybridized carbons (Fsp3) is 1.00. The third kappa shape index (κ3) is 22.3. The van der Waals surface area contributed by atoms with Crippen molar-refractivity contribution in [3.05, 3.63) is 0 Å². The molecule has 33 heavy (non-hydrogen) atoms. The zero-order valence-corrected chi connectivity index (χ0v) is 22.4. The third-order valence-electron chi connectivity index (χ3n) is 5.68. The Kier molecular flexibility index (Phi) is 16.8. The van der Waals surface area contributed by atoms with Gasteiger partial charge in [-0.15, -0.1) is 0 Å². The van der Waals surface area contributed by atoms with Gasteiger partial charge in [-0.25, -0.2) is 0 Å². The second kappa shape index (κ2) is 16.7. The van der Waals surface area contributed by atoms with Crippen molar-refractivity contribution in [3.63, 3.8) is 0 Å². The monoisotopic (exact) mass is 610 g/mol. The van der Waals surface area contributed by atoms with Crippen LogP contribution in [0.25, 0.3) is 0 Å². The first-order valence-corrected chi connectivity index (χ1v) is 19.2. The molecule has 0 unspecified atom stereocenters. The molecule has 11 heteroatoms. The molecule has 0 aliphatic heterocycles. The van der Waals surface area contributed by atoms with Crippen molar-refractivity contribution in [2.75, 3.05) is 6.61 Å². The summed E-state index contributed by atoms with van der Waals surface area (Å²) < 4.78 is 120. The van der Waals surface area contributed by atoms with Crippen LogP contribution in [0, 0.1) is 0 Å². The first kappa shape index (κ1) is 33.1. The topological polar surface area (TPSA) is 9.23 Å². The van der Waals surface area contributed by atoms with E-state index in [0.29, 0.717) is 6.42 Å². The Morgan fingerprint density at radius 3 is 1.15 bits per heavy atom. The van der Waals surface area contributed by atoms with E-state index in [0.717, 1.165) is 38.5 Å². The Morgan fingerprint density at radius 1 is 0.485 bits per heavy atom. The van der Waals surface area contributed by atoms with Gasteiger partial charge in [-0.3, -0.25) is 0 Å². The van der Waals surface area contributed by atoms with Crippen molar-refractivity contribution < 1.29 is 42.6 Å². The van der Waals surface area contributed by atoms with Crippen LogP contribution in [0.2, 0.25) is 13.3 Å². The van der Waals surface area contributed by atoms with Gasteiger partial charge in [0.15, 0.2) is 0 Å². The number of unbranched alkanes of at least 4 members (excludes halogenated alkanes) is 7. The average Bonchev–Trinajstić information content (AvgIpc) is 2.63. The molecule has 0 rings (SSSR count). The predicted molar refractivity (Wildman–Crippen MR) is 115 cm³/mol. The van der Waals surface area contributed by atoms with E-state index in [9.17, 15) is 39.5 Å². The number of hydrogen-bond acceptors (Lipinski definition) is 1. The molecular formula is C22H39F9OSn. The Bertz CT molecular complexity index is 426. The summed E-state index contributed by atoms with van der Waals surface area (Å²) in [5.41, 5.74) is 0. The first-order chi connectivity index (χ1) is 15.2. The molecule has 0 saturated heterocycles. The minimum atomic E-state index is -4.41. The van der Waals surface area contributed by atoms with Gasteiger partial charge >= 0.3 is 197 Å². The molecule has 0 saturated carbocycles. The zero-order chi connectivity index (χ0) is 25.4. The molecule has 0 aromatic carbocycles. The van der Waals surface area contributed by atoms with Gasteiger partial charge in [-0.1, -0.05) is 0 Å². The molecule has 1 nitrogen and oxygen atoms in total.